The summed E-state index contributed by atoms with van der Waals surface area (Å²) in [5.41, 5.74) is 8.95. The molecule has 1 nitrogen and oxygen atoms in total. The molecular formula is C11H14ClN. The standard InChI is InChI=1S/C11H14ClN/c1-9-5-4-7-11(13)10(9)6-2-3-8-12/h2,4-7H,3,8,13H2,1H3. The van der Waals surface area contributed by atoms with Crippen molar-refractivity contribution < 1.29 is 0 Å². The first-order chi connectivity index (χ1) is 6.25. The van der Waals surface area contributed by atoms with Crippen LogP contribution >= 0.6 is 11.6 Å². The summed E-state index contributed by atoms with van der Waals surface area (Å²) < 4.78 is 0. The molecule has 2 heteroatoms. The monoisotopic (exact) mass is 195 g/mol. The van der Waals surface area contributed by atoms with Crippen molar-refractivity contribution in [1.82, 2.24) is 0 Å². The average Bonchev–Trinajstić information content (AvgIpc) is 2.10. The van der Waals surface area contributed by atoms with Crippen LogP contribution in [0.3, 0.4) is 0 Å². The lowest BCUT2D eigenvalue weighted by molar-refractivity contribution is 1.24. The molecule has 0 aliphatic rings. The number of aryl methyl sites for hydroxylation is 1. The van der Waals surface area contributed by atoms with E-state index < -0.39 is 0 Å². The van der Waals surface area contributed by atoms with E-state index in [9.17, 15) is 0 Å². The maximum atomic E-state index is 5.82. The van der Waals surface area contributed by atoms with Gasteiger partial charge in [0, 0.05) is 11.6 Å². The van der Waals surface area contributed by atoms with E-state index in [-0.39, 0.29) is 0 Å². The van der Waals surface area contributed by atoms with Gasteiger partial charge in [-0.2, -0.15) is 0 Å². The zero-order valence-corrected chi connectivity index (χ0v) is 8.51. The van der Waals surface area contributed by atoms with Crippen LogP contribution in [0.2, 0.25) is 0 Å². The van der Waals surface area contributed by atoms with E-state index in [0.29, 0.717) is 5.88 Å². The SMILES string of the molecule is Cc1cccc(N)c1C=CCCCl. The number of rotatable bonds is 3. The quantitative estimate of drug-likeness (QED) is 0.582. The number of nitrogens with two attached hydrogens (primary N) is 1. The van der Waals surface area contributed by atoms with Crippen LogP contribution in [0.15, 0.2) is 24.3 Å². The lowest BCUT2D eigenvalue weighted by atomic mass is 10.1. The minimum absolute atomic E-state index is 0.655. The molecule has 0 saturated heterocycles. The van der Waals surface area contributed by atoms with Crippen molar-refractivity contribution >= 4 is 23.4 Å². The van der Waals surface area contributed by atoms with Gasteiger partial charge in [0.1, 0.15) is 0 Å². The van der Waals surface area contributed by atoms with Crippen LogP contribution in [0.4, 0.5) is 5.69 Å². The summed E-state index contributed by atoms with van der Waals surface area (Å²) in [5, 5.41) is 0. The highest BCUT2D eigenvalue weighted by Gasteiger charge is 1.96. The second kappa shape index (κ2) is 4.93. The van der Waals surface area contributed by atoms with Crippen LogP contribution in [0.25, 0.3) is 6.08 Å². The Hall–Kier alpha value is -0.950. The number of hydrogen-bond donors (Lipinski definition) is 1. The van der Waals surface area contributed by atoms with Crippen LogP contribution in [0.1, 0.15) is 17.5 Å². The number of allylic oxidation sites excluding steroid dienone is 1. The topological polar surface area (TPSA) is 26.0 Å². The van der Waals surface area contributed by atoms with E-state index in [0.717, 1.165) is 17.7 Å². The van der Waals surface area contributed by atoms with Gasteiger partial charge in [-0.25, -0.2) is 0 Å². The van der Waals surface area contributed by atoms with Crippen LogP contribution in [0.5, 0.6) is 0 Å². The number of alkyl halides is 1. The first-order valence-electron chi connectivity index (χ1n) is 4.33. The highest BCUT2D eigenvalue weighted by molar-refractivity contribution is 6.17. The van der Waals surface area contributed by atoms with E-state index in [4.69, 9.17) is 17.3 Å². The summed E-state index contributed by atoms with van der Waals surface area (Å²) in [6.45, 7) is 2.05. The van der Waals surface area contributed by atoms with Crippen molar-refractivity contribution in [2.24, 2.45) is 0 Å². The van der Waals surface area contributed by atoms with Crippen LogP contribution < -0.4 is 5.73 Å². The summed E-state index contributed by atoms with van der Waals surface area (Å²) in [6.07, 6.45) is 4.97. The zero-order chi connectivity index (χ0) is 9.68. The summed E-state index contributed by atoms with van der Waals surface area (Å²) in [7, 11) is 0. The fourth-order valence-corrected chi connectivity index (χ4v) is 1.32. The Bertz CT molecular complexity index is 285. The van der Waals surface area contributed by atoms with Gasteiger partial charge >= 0.3 is 0 Å². The lowest BCUT2D eigenvalue weighted by Gasteiger charge is -2.03. The molecule has 0 aliphatic heterocycles. The Balaban J connectivity index is 2.87. The smallest absolute Gasteiger partial charge is 0.0390 e. The molecule has 0 saturated carbocycles. The van der Waals surface area contributed by atoms with Crippen molar-refractivity contribution in [3.8, 4) is 0 Å². The summed E-state index contributed by atoms with van der Waals surface area (Å²) >= 11 is 5.56. The average molecular weight is 196 g/mol. The summed E-state index contributed by atoms with van der Waals surface area (Å²) in [5.74, 6) is 0.655. The molecule has 0 heterocycles. The molecule has 70 valence electrons. The van der Waals surface area contributed by atoms with Gasteiger partial charge in [-0.1, -0.05) is 24.3 Å². The number of halogens is 1. The molecule has 0 aliphatic carbocycles. The van der Waals surface area contributed by atoms with Crippen molar-refractivity contribution in [2.45, 2.75) is 13.3 Å². The van der Waals surface area contributed by atoms with Gasteiger partial charge < -0.3 is 5.73 Å². The maximum absolute atomic E-state index is 5.82. The third-order valence-corrected chi connectivity index (χ3v) is 2.14. The van der Waals surface area contributed by atoms with E-state index in [1.54, 1.807) is 0 Å². The van der Waals surface area contributed by atoms with Gasteiger partial charge in [-0.05, 0) is 30.5 Å². The molecule has 1 rings (SSSR count). The molecule has 0 bridgehead atoms. The van der Waals surface area contributed by atoms with Gasteiger partial charge in [0.2, 0.25) is 0 Å². The highest BCUT2D eigenvalue weighted by atomic mass is 35.5. The second-order valence-corrected chi connectivity index (χ2v) is 3.34. The third-order valence-electron chi connectivity index (χ3n) is 1.92. The Kier molecular flexibility index (Phi) is 3.84. The van der Waals surface area contributed by atoms with Gasteiger partial charge in [0.15, 0.2) is 0 Å². The van der Waals surface area contributed by atoms with Gasteiger partial charge in [0.25, 0.3) is 0 Å². The molecule has 2 N–H and O–H groups in total. The third kappa shape index (κ3) is 2.78. The molecule has 0 fully saturated rings. The fraction of sp³-hybridized carbons (Fsp3) is 0.273. The Labute approximate surface area is 84.2 Å². The normalized spacial score (nSPS) is 10.9. The largest absolute Gasteiger partial charge is 0.398 e. The fourth-order valence-electron chi connectivity index (χ4n) is 1.20. The second-order valence-electron chi connectivity index (χ2n) is 2.96. The van der Waals surface area contributed by atoms with Crippen molar-refractivity contribution in [2.75, 3.05) is 11.6 Å². The first kappa shape index (κ1) is 10.1. The molecule has 0 unspecified atom stereocenters. The Morgan fingerprint density at radius 1 is 1.46 bits per heavy atom. The maximum Gasteiger partial charge on any atom is 0.0390 e. The number of benzene rings is 1. The lowest BCUT2D eigenvalue weighted by Crippen LogP contribution is -1.91. The molecule has 0 radical (unpaired) electrons. The van der Waals surface area contributed by atoms with Crippen LogP contribution in [0, 0.1) is 6.92 Å². The zero-order valence-electron chi connectivity index (χ0n) is 7.76. The molecule has 13 heavy (non-hydrogen) atoms. The number of hydrogen-bond acceptors (Lipinski definition) is 1. The van der Waals surface area contributed by atoms with Gasteiger partial charge in [-0.3, -0.25) is 0 Å². The predicted molar refractivity (Wildman–Crippen MR) is 60.0 cm³/mol. The molecule has 1 aromatic rings. The first-order valence-corrected chi connectivity index (χ1v) is 4.86. The van der Waals surface area contributed by atoms with Crippen molar-refractivity contribution in [3.05, 3.63) is 35.4 Å². The Morgan fingerprint density at radius 3 is 2.85 bits per heavy atom. The molecule has 0 spiro atoms. The van der Waals surface area contributed by atoms with Crippen LogP contribution in [-0.4, -0.2) is 5.88 Å². The molecule has 1 aromatic carbocycles. The van der Waals surface area contributed by atoms with E-state index in [1.807, 2.05) is 24.3 Å². The molecule has 0 amide bonds. The van der Waals surface area contributed by atoms with Gasteiger partial charge in [0.05, 0.1) is 0 Å². The summed E-state index contributed by atoms with van der Waals surface area (Å²) in [4.78, 5) is 0. The van der Waals surface area contributed by atoms with Gasteiger partial charge in [-0.15, -0.1) is 11.6 Å². The summed E-state index contributed by atoms with van der Waals surface area (Å²) in [6, 6.07) is 5.92. The van der Waals surface area contributed by atoms with Crippen molar-refractivity contribution in [3.63, 3.8) is 0 Å². The molecular weight excluding hydrogens is 182 g/mol. The van der Waals surface area contributed by atoms with E-state index in [1.165, 1.54) is 5.56 Å². The highest BCUT2D eigenvalue weighted by Crippen LogP contribution is 2.17. The minimum atomic E-state index is 0.655. The Morgan fingerprint density at radius 2 is 2.23 bits per heavy atom. The molecule has 0 aromatic heterocycles. The molecule has 0 atom stereocenters. The predicted octanol–water partition coefficient (Wildman–Crippen LogP) is 3.22. The van der Waals surface area contributed by atoms with Crippen LogP contribution in [-0.2, 0) is 0 Å². The number of anilines is 1. The van der Waals surface area contributed by atoms with E-state index >= 15 is 0 Å². The minimum Gasteiger partial charge on any atom is -0.398 e. The van der Waals surface area contributed by atoms with E-state index in [2.05, 4.69) is 13.0 Å². The number of nitrogen functional groups attached to an aromatic ring is 1. The van der Waals surface area contributed by atoms with Crippen molar-refractivity contribution in [1.29, 1.82) is 0 Å².